The summed E-state index contributed by atoms with van der Waals surface area (Å²) in [5, 5.41) is 0. The Morgan fingerprint density at radius 2 is 1.75 bits per heavy atom. The summed E-state index contributed by atoms with van der Waals surface area (Å²) in [6, 6.07) is 3.13. The van der Waals surface area contributed by atoms with Crippen LogP contribution in [0.4, 0.5) is 4.79 Å². The fourth-order valence-electron chi connectivity index (χ4n) is 1.13. The standard InChI is InChI=1S/C7H18N2OSSi/c1-4-12(5-2,6-3)11-9-7(8)10/h4-6H2,1-3H3,(H3,8,9,10). The lowest BCUT2D eigenvalue weighted by Crippen LogP contribution is -2.35. The molecule has 0 radical (unpaired) electrons. The van der Waals surface area contributed by atoms with Gasteiger partial charge >= 0.3 is 6.03 Å². The highest BCUT2D eigenvalue weighted by molar-refractivity contribution is 8.27. The third-order valence-corrected chi connectivity index (χ3v) is 11.1. The normalized spacial score (nSPS) is 11.2. The van der Waals surface area contributed by atoms with E-state index in [4.69, 9.17) is 5.73 Å². The molecule has 0 saturated heterocycles. The maximum atomic E-state index is 10.5. The summed E-state index contributed by atoms with van der Waals surface area (Å²) in [6.45, 7) is 6.57. The summed E-state index contributed by atoms with van der Waals surface area (Å²) in [5.74, 6) is 0. The number of hydrogen-bond acceptors (Lipinski definition) is 2. The molecule has 0 aliphatic carbocycles. The second kappa shape index (κ2) is 5.48. The lowest BCUT2D eigenvalue weighted by molar-refractivity contribution is 0.254. The van der Waals surface area contributed by atoms with Crippen LogP contribution in [0, 0.1) is 0 Å². The molecule has 0 aliphatic rings. The van der Waals surface area contributed by atoms with Crippen LogP contribution in [0.1, 0.15) is 20.8 Å². The number of amides is 2. The molecule has 12 heavy (non-hydrogen) atoms. The lowest BCUT2D eigenvalue weighted by atomic mass is 10.9. The molecule has 0 atom stereocenters. The van der Waals surface area contributed by atoms with Crippen LogP contribution in [0.25, 0.3) is 0 Å². The lowest BCUT2D eigenvalue weighted by Gasteiger charge is -2.25. The minimum atomic E-state index is -1.28. The molecule has 0 fully saturated rings. The molecule has 5 heteroatoms. The van der Waals surface area contributed by atoms with Crippen LogP contribution in [0.3, 0.4) is 0 Å². The molecule has 2 amide bonds. The quantitative estimate of drug-likeness (QED) is 0.536. The Bertz CT molecular complexity index is 142. The predicted molar refractivity (Wildman–Crippen MR) is 57.5 cm³/mol. The third-order valence-electron chi connectivity index (χ3n) is 2.30. The number of rotatable bonds is 5. The summed E-state index contributed by atoms with van der Waals surface area (Å²) in [4.78, 5) is 10.5. The molecule has 0 bridgehead atoms. The van der Waals surface area contributed by atoms with E-state index in [-0.39, 0.29) is 0 Å². The van der Waals surface area contributed by atoms with Crippen LogP contribution in [0.15, 0.2) is 0 Å². The van der Waals surface area contributed by atoms with Crippen molar-refractivity contribution in [1.29, 1.82) is 0 Å². The summed E-state index contributed by atoms with van der Waals surface area (Å²) >= 11 is 1.59. The average Bonchev–Trinajstić information content (AvgIpc) is 2.08. The van der Waals surface area contributed by atoms with Crippen molar-refractivity contribution in [2.45, 2.75) is 38.9 Å². The topological polar surface area (TPSA) is 55.1 Å². The molecule has 3 N–H and O–H groups in total. The molecule has 0 saturated carbocycles. The van der Waals surface area contributed by atoms with Crippen molar-refractivity contribution in [3.8, 4) is 0 Å². The fourth-order valence-corrected chi connectivity index (χ4v) is 5.63. The van der Waals surface area contributed by atoms with Crippen LogP contribution in [0.2, 0.25) is 18.1 Å². The molecule has 0 rings (SSSR count). The highest BCUT2D eigenvalue weighted by Gasteiger charge is 2.28. The molecular weight excluding hydrogens is 188 g/mol. The summed E-state index contributed by atoms with van der Waals surface area (Å²) in [5.41, 5.74) is 5.02. The molecule has 0 spiro atoms. The van der Waals surface area contributed by atoms with Crippen LogP contribution >= 0.6 is 11.4 Å². The van der Waals surface area contributed by atoms with E-state index in [9.17, 15) is 4.79 Å². The molecule has 0 heterocycles. The van der Waals surface area contributed by atoms with Crippen molar-refractivity contribution in [3.63, 3.8) is 0 Å². The van der Waals surface area contributed by atoms with E-state index < -0.39 is 13.3 Å². The van der Waals surface area contributed by atoms with Gasteiger partial charge in [0.25, 0.3) is 0 Å². The molecular formula is C7H18N2OSSi. The van der Waals surface area contributed by atoms with Gasteiger partial charge in [-0.1, -0.05) is 32.2 Å². The Labute approximate surface area is 79.3 Å². The second-order valence-corrected chi connectivity index (χ2v) is 10.9. The van der Waals surface area contributed by atoms with Crippen molar-refractivity contribution in [3.05, 3.63) is 0 Å². The van der Waals surface area contributed by atoms with E-state index in [1.54, 1.807) is 11.4 Å². The summed E-state index contributed by atoms with van der Waals surface area (Å²) < 4.78 is 2.66. The average molecular weight is 206 g/mol. The molecule has 0 aromatic rings. The third kappa shape index (κ3) is 3.49. The van der Waals surface area contributed by atoms with E-state index in [1.165, 1.54) is 18.1 Å². The smallest absolute Gasteiger partial charge is 0.321 e. The molecule has 0 unspecified atom stereocenters. The van der Waals surface area contributed by atoms with Gasteiger partial charge in [0.1, 0.15) is 7.22 Å². The second-order valence-electron chi connectivity index (χ2n) is 2.81. The molecule has 72 valence electrons. The van der Waals surface area contributed by atoms with Gasteiger partial charge in [0.15, 0.2) is 0 Å². The number of carbonyl (C=O) groups excluding carboxylic acids is 1. The number of nitrogens with one attached hydrogen (secondary N) is 1. The first-order valence-electron chi connectivity index (χ1n) is 4.33. The largest absolute Gasteiger partial charge is 0.351 e. The van der Waals surface area contributed by atoms with Gasteiger partial charge in [-0.15, -0.1) is 0 Å². The van der Waals surface area contributed by atoms with Gasteiger partial charge in [-0.25, -0.2) is 4.79 Å². The maximum absolute atomic E-state index is 10.5. The van der Waals surface area contributed by atoms with E-state index in [1.807, 2.05) is 0 Å². The number of urea groups is 1. The van der Waals surface area contributed by atoms with E-state index >= 15 is 0 Å². The van der Waals surface area contributed by atoms with Crippen LogP contribution in [-0.2, 0) is 0 Å². The number of primary amides is 1. The summed E-state index contributed by atoms with van der Waals surface area (Å²) in [7, 11) is -1.28. The molecule has 0 aromatic heterocycles. The monoisotopic (exact) mass is 206 g/mol. The van der Waals surface area contributed by atoms with Crippen molar-refractivity contribution in [1.82, 2.24) is 4.72 Å². The van der Waals surface area contributed by atoms with Crippen molar-refractivity contribution < 1.29 is 4.79 Å². The van der Waals surface area contributed by atoms with Gasteiger partial charge in [-0.05, 0) is 18.1 Å². The van der Waals surface area contributed by atoms with Gasteiger partial charge in [-0.3, -0.25) is 4.72 Å². The van der Waals surface area contributed by atoms with Crippen LogP contribution in [0.5, 0.6) is 0 Å². The highest BCUT2D eigenvalue weighted by atomic mass is 32.4. The van der Waals surface area contributed by atoms with E-state index in [2.05, 4.69) is 25.5 Å². The van der Waals surface area contributed by atoms with Gasteiger partial charge in [0.05, 0.1) is 0 Å². The van der Waals surface area contributed by atoms with E-state index in [0.717, 1.165) is 0 Å². The van der Waals surface area contributed by atoms with Crippen molar-refractivity contribution >= 4 is 24.7 Å². The minimum absolute atomic E-state index is 0.424. The zero-order valence-corrected chi connectivity index (χ0v) is 9.83. The first kappa shape index (κ1) is 11.8. The van der Waals surface area contributed by atoms with Crippen LogP contribution < -0.4 is 10.5 Å². The SMILES string of the molecule is CC[Si](CC)(CC)SNC(N)=O. The number of nitrogens with two attached hydrogens (primary N) is 1. The maximum Gasteiger partial charge on any atom is 0.321 e. The number of carbonyl (C=O) groups is 1. The predicted octanol–water partition coefficient (Wildman–Crippen LogP) is 2.31. The Kier molecular flexibility index (Phi) is 5.40. The van der Waals surface area contributed by atoms with E-state index in [0.29, 0.717) is 0 Å². The van der Waals surface area contributed by atoms with Gasteiger partial charge in [0, 0.05) is 0 Å². The van der Waals surface area contributed by atoms with Crippen molar-refractivity contribution in [2.24, 2.45) is 5.73 Å². The fraction of sp³-hybridized carbons (Fsp3) is 0.857. The molecule has 3 nitrogen and oxygen atoms in total. The first-order valence-corrected chi connectivity index (χ1v) is 8.50. The number of hydrogen-bond donors (Lipinski definition) is 2. The Hall–Kier alpha value is -0.163. The van der Waals surface area contributed by atoms with Gasteiger partial charge in [-0.2, -0.15) is 0 Å². The Balaban J connectivity index is 4.01. The first-order chi connectivity index (χ1) is 5.60. The zero-order chi connectivity index (χ0) is 9.61. The minimum Gasteiger partial charge on any atom is -0.351 e. The highest BCUT2D eigenvalue weighted by Crippen LogP contribution is 2.29. The van der Waals surface area contributed by atoms with Crippen molar-refractivity contribution in [2.75, 3.05) is 0 Å². The van der Waals surface area contributed by atoms with Gasteiger partial charge < -0.3 is 5.73 Å². The summed E-state index contributed by atoms with van der Waals surface area (Å²) in [6.07, 6.45) is 0. The molecule has 0 aromatic carbocycles. The van der Waals surface area contributed by atoms with Gasteiger partial charge in [0.2, 0.25) is 0 Å². The Morgan fingerprint density at radius 3 is 2.00 bits per heavy atom. The zero-order valence-electron chi connectivity index (χ0n) is 8.02. The van der Waals surface area contributed by atoms with Crippen LogP contribution in [-0.4, -0.2) is 13.3 Å². The Morgan fingerprint density at radius 1 is 1.33 bits per heavy atom. The molecule has 0 aliphatic heterocycles.